The highest BCUT2D eigenvalue weighted by Gasteiger charge is 2.47. The lowest BCUT2D eigenvalue weighted by atomic mass is 9.79. The molecule has 0 spiro atoms. The summed E-state index contributed by atoms with van der Waals surface area (Å²) in [6, 6.07) is 2.04. The number of methoxy groups -OCH3 is 1. The van der Waals surface area contributed by atoms with Crippen molar-refractivity contribution in [1.29, 1.82) is 0 Å². The molecule has 1 aliphatic heterocycles. The molecule has 166 valence electrons. The molecule has 3 aromatic rings. The molecule has 0 aromatic carbocycles. The third-order valence-corrected chi connectivity index (χ3v) is 5.49. The highest BCUT2D eigenvalue weighted by molar-refractivity contribution is 5.61. The van der Waals surface area contributed by atoms with Gasteiger partial charge in [-0.15, -0.1) is 0 Å². The number of imidazole rings is 1. The van der Waals surface area contributed by atoms with Gasteiger partial charge in [0.1, 0.15) is 28.6 Å². The molecule has 5 rings (SSSR count). The standard InChI is InChI=1S/C19H21F2N7O.C2H6/c1-29-15-4-17-24-9-14(28(17)27-18(15)11-5-19(20,21)6-11)13-8-23-10-16(26-13)25-12-2-3-22-7-12;1-2/h4,8-12,22H,2-3,5-7H2,1H3,(H,25,26);1-2H3. The van der Waals surface area contributed by atoms with Gasteiger partial charge >= 0.3 is 0 Å². The van der Waals surface area contributed by atoms with E-state index in [1.165, 1.54) is 7.11 Å². The van der Waals surface area contributed by atoms with Crippen LogP contribution in [-0.2, 0) is 0 Å². The summed E-state index contributed by atoms with van der Waals surface area (Å²) in [5, 5.41) is 11.3. The molecule has 0 radical (unpaired) electrons. The van der Waals surface area contributed by atoms with E-state index in [2.05, 4.69) is 30.7 Å². The smallest absolute Gasteiger partial charge is 0.249 e. The molecule has 4 heterocycles. The zero-order valence-corrected chi connectivity index (χ0v) is 17.9. The van der Waals surface area contributed by atoms with Gasteiger partial charge in [-0.3, -0.25) is 4.98 Å². The molecule has 3 aromatic heterocycles. The maximum Gasteiger partial charge on any atom is 0.249 e. The monoisotopic (exact) mass is 431 g/mol. The normalized spacial score (nSPS) is 20.1. The van der Waals surface area contributed by atoms with E-state index in [1.54, 1.807) is 29.2 Å². The van der Waals surface area contributed by atoms with E-state index < -0.39 is 5.92 Å². The van der Waals surface area contributed by atoms with E-state index in [1.807, 2.05) is 13.8 Å². The van der Waals surface area contributed by atoms with Crippen LogP contribution in [0.3, 0.4) is 0 Å². The van der Waals surface area contributed by atoms with Gasteiger partial charge in [-0.1, -0.05) is 13.8 Å². The van der Waals surface area contributed by atoms with Gasteiger partial charge in [-0.2, -0.15) is 5.10 Å². The molecule has 2 N–H and O–H groups in total. The van der Waals surface area contributed by atoms with E-state index in [0.717, 1.165) is 19.5 Å². The second-order valence-electron chi connectivity index (χ2n) is 7.60. The number of hydrogen-bond acceptors (Lipinski definition) is 7. The number of halogens is 2. The van der Waals surface area contributed by atoms with Gasteiger partial charge in [-0.25, -0.2) is 23.3 Å². The Balaban J connectivity index is 0.00000112. The van der Waals surface area contributed by atoms with Crippen LogP contribution in [0.4, 0.5) is 14.6 Å². The predicted octanol–water partition coefficient (Wildman–Crippen LogP) is 3.51. The molecular weight excluding hydrogens is 404 g/mol. The quantitative estimate of drug-likeness (QED) is 0.639. The van der Waals surface area contributed by atoms with Crippen LogP contribution in [0.1, 0.15) is 44.7 Å². The Labute approximate surface area is 179 Å². The van der Waals surface area contributed by atoms with E-state index in [0.29, 0.717) is 40.3 Å². The zero-order chi connectivity index (χ0) is 22.0. The molecule has 1 saturated heterocycles. The lowest BCUT2D eigenvalue weighted by molar-refractivity contribution is -0.0881. The summed E-state index contributed by atoms with van der Waals surface area (Å²) < 4.78 is 33.8. The average molecular weight is 431 g/mol. The van der Waals surface area contributed by atoms with Gasteiger partial charge in [0.15, 0.2) is 5.65 Å². The zero-order valence-electron chi connectivity index (χ0n) is 17.9. The summed E-state index contributed by atoms with van der Waals surface area (Å²) in [6.07, 6.45) is 5.57. The SMILES string of the molecule is CC.COc1cc2ncc(-c3cncc(NC4CCNC4)n3)n2nc1C1CC(F)(F)C1. The third-order valence-electron chi connectivity index (χ3n) is 5.49. The van der Waals surface area contributed by atoms with Gasteiger partial charge in [0.05, 0.1) is 25.7 Å². The summed E-state index contributed by atoms with van der Waals surface area (Å²) in [5.74, 6) is -1.82. The average Bonchev–Trinajstić information content (AvgIpc) is 3.42. The largest absolute Gasteiger partial charge is 0.495 e. The van der Waals surface area contributed by atoms with Crippen molar-refractivity contribution in [2.24, 2.45) is 0 Å². The van der Waals surface area contributed by atoms with Crippen LogP contribution < -0.4 is 15.4 Å². The maximum atomic E-state index is 13.4. The Morgan fingerprint density at radius 2 is 2.03 bits per heavy atom. The van der Waals surface area contributed by atoms with E-state index in [9.17, 15) is 8.78 Å². The molecule has 1 atom stereocenters. The van der Waals surface area contributed by atoms with Crippen molar-refractivity contribution >= 4 is 11.5 Å². The number of ether oxygens (including phenoxy) is 1. The summed E-state index contributed by atoms with van der Waals surface area (Å²) in [6.45, 7) is 5.87. The minimum atomic E-state index is -2.63. The number of nitrogens with one attached hydrogen (secondary N) is 2. The molecule has 1 unspecified atom stereocenters. The van der Waals surface area contributed by atoms with E-state index in [-0.39, 0.29) is 18.8 Å². The number of fused-ring (bicyclic) bond motifs is 1. The van der Waals surface area contributed by atoms with Gasteiger partial charge < -0.3 is 15.4 Å². The lowest BCUT2D eigenvalue weighted by Crippen LogP contribution is -2.34. The molecule has 2 aliphatic rings. The summed E-state index contributed by atoms with van der Waals surface area (Å²) in [4.78, 5) is 13.3. The first-order valence-corrected chi connectivity index (χ1v) is 10.6. The minimum Gasteiger partial charge on any atom is -0.495 e. The van der Waals surface area contributed by atoms with Gasteiger partial charge in [-0.05, 0) is 13.0 Å². The first-order valence-electron chi connectivity index (χ1n) is 10.6. The highest BCUT2D eigenvalue weighted by atomic mass is 19.3. The molecule has 31 heavy (non-hydrogen) atoms. The Bertz CT molecular complexity index is 1040. The van der Waals surface area contributed by atoms with Crippen LogP contribution in [0, 0.1) is 0 Å². The van der Waals surface area contributed by atoms with Gasteiger partial charge in [0.2, 0.25) is 5.92 Å². The number of rotatable bonds is 5. The van der Waals surface area contributed by atoms with Crippen molar-refractivity contribution in [2.75, 3.05) is 25.5 Å². The van der Waals surface area contributed by atoms with Crippen molar-refractivity contribution < 1.29 is 13.5 Å². The number of alkyl halides is 2. The van der Waals surface area contributed by atoms with Crippen LogP contribution in [0.5, 0.6) is 5.75 Å². The Kier molecular flexibility index (Phi) is 5.99. The Morgan fingerprint density at radius 1 is 1.23 bits per heavy atom. The van der Waals surface area contributed by atoms with E-state index >= 15 is 0 Å². The number of hydrogen-bond donors (Lipinski definition) is 2. The van der Waals surface area contributed by atoms with Crippen molar-refractivity contribution in [3.63, 3.8) is 0 Å². The fraction of sp³-hybridized carbons (Fsp3) is 0.524. The van der Waals surface area contributed by atoms with Crippen LogP contribution in [-0.4, -0.2) is 56.7 Å². The predicted molar refractivity (Wildman–Crippen MR) is 114 cm³/mol. The van der Waals surface area contributed by atoms with Crippen molar-refractivity contribution in [3.8, 4) is 17.1 Å². The summed E-state index contributed by atoms with van der Waals surface area (Å²) in [5.41, 5.74) is 2.34. The van der Waals surface area contributed by atoms with Crippen molar-refractivity contribution in [3.05, 3.63) is 30.4 Å². The van der Waals surface area contributed by atoms with Crippen LogP contribution in [0.15, 0.2) is 24.7 Å². The number of anilines is 1. The lowest BCUT2D eigenvalue weighted by Gasteiger charge is -2.34. The third kappa shape index (κ3) is 4.30. The summed E-state index contributed by atoms with van der Waals surface area (Å²) in [7, 11) is 1.51. The second-order valence-corrected chi connectivity index (χ2v) is 7.60. The fourth-order valence-electron chi connectivity index (χ4n) is 3.93. The molecule has 10 heteroatoms. The number of aromatic nitrogens is 5. The van der Waals surface area contributed by atoms with Crippen LogP contribution in [0.2, 0.25) is 0 Å². The highest BCUT2D eigenvalue weighted by Crippen LogP contribution is 2.49. The van der Waals surface area contributed by atoms with Crippen LogP contribution in [0.25, 0.3) is 17.0 Å². The fourth-order valence-corrected chi connectivity index (χ4v) is 3.93. The molecule has 2 fully saturated rings. The van der Waals surface area contributed by atoms with Crippen molar-refractivity contribution in [2.45, 2.75) is 51.0 Å². The summed E-state index contributed by atoms with van der Waals surface area (Å²) >= 11 is 0. The Morgan fingerprint density at radius 3 is 2.71 bits per heavy atom. The van der Waals surface area contributed by atoms with Gasteiger partial charge in [0, 0.05) is 37.4 Å². The second kappa shape index (κ2) is 8.70. The maximum absolute atomic E-state index is 13.4. The number of nitrogens with zero attached hydrogens (tertiary/aromatic N) is 5. The first kappa shape index (κ1) is 21.4. The molecule has 0 amide bonds. The Hall–Kier alpha value is -2.88. The van der Waals surface area contributed by atoms with Crippen LogP contribution >= 0.6 is 0 Å². The molecular formula is C21H27F2N7O. The van der Waals surface area contributed by atoms with Crippen molar-refractivity contribution in [1.82, 2.24) is 29.9 Å². The first-order chi connectivity index (χ1) is 15.0. The molecule has 1 saturated carbocycles. The molecule has 0 bridgehead atoms. The minimum absolute atomic E-state index is 0.222. The molecule has 1 aliphatic carbocycles. The molecule has 8 nitrogen and oxygen atoms in total. The van der Waals surface area contributed by atoms with E-state index in [4.69, 9.17) is 4.74 Å². The topological polar surface area (TPSA) is 89.3 Å². The van der Waals surface area contributed by atoms with Gasteiger partial charge in [0.25, 0.3) is 0 Å².